The average Bonchev–Trinajstić information content (AvgIpc) is 2.96. The highest BCUT2D eigenvalue weighted by Gasteiger charge is 2.56. The predicted octanol–water partition coefficient (Wildman–Crippen LogP) is 0.700. The summed E-state index contributed by atoms with van der Waals surface area (Å²) < 4.78 is 0. The fourth-order valence-electron chi connectivity index (χ4n) is 6.15. The molecule has 1 atom stereocenters. The highest BCUT2D eigenvalue weighted by atomic mass is 16.3. The quantitative estimate of drug-likeness (QED) is 0.729. The van der Waals surface area contributed by atoms with Crippen LogP contribution in [0, 0.1) is 29.6 Å². The van der Waals surface area contributed by atoms with E-state index in [9.17, 15) is 14.7 Å². The first-order valence-electron chi connectivity index (χ1n) is 10.3. The molecule has 5 aliphatic rings. The van der Waals surface area contributed by atoms with Crippen LogP contribution in [0.3, 0.4) is 0 Å². The molecule has 0 aromatic rings. The maximum atomic E-state index is 12.6. The molecule has 1 saturated heterocycles. The number of nitrogens with zero attached hydrogens (tertiary/aromatic N) is 2. The van der Waals surface area contributed by atoms with E-state index in [0.717, 1.165) is 44.1 Å². The molecule has 5 fully saturated rings. The van der Waals surface area contributed by atoms with Gasteiger partial charge in [0.25, 0.3) is 0 Å². The van der Waals surface area contributed by atoms with Crippen LogP contribution in [0.25, 0.3) is 0 Å². The molecule has 0 spiro atoms. The first-order valence-corrected chi connectivity index (χ1v) is 10.3. The van der Waals surface area contributed by atoms with E-state index in [1.807, 2.05) is 19.0 Å². The van der Waals surface area contributed by atoms with Gasteiger partial charge in [0.2, 0.25) is 11.8 Å². The molecule has 0 aromatic heterocycles. The third-order valence-corrected chi connectivity index (χ3v) is 7.50. The summed E-state index contributed by atoms with van der Waals surface area (Å²) in [5.74, 6) is 2.03. The molecule has 6 heteroatoms. The molecular formula is C20H33N3O3. The SMILES string of the molecule is CN(C)CCN1C[C@H](C(=O)NCC2(O)C3CC4CC(C3)CC2C4)CC1=O. The standard InChI is InChI=1S/C20H33N3O3/c1-22(2)3-4-23-11-15(10-18(23)24)19(25)21-12-20(26)16-6-13-5-14(8-16)9-17(20)7-13/h13-17,26H,3-12H2,1-2H3,(H,21,25)/t13?,14?,15-,16?,17?,20?/m1/s1. The second-order valence-electron chi connectivity index (χ2n) is 9.56. The van der Waals surface area contributed by atoms with Crippen molar-refractivity contribution in [3.8, 4) is 0 Å². The lowest BCUT2D eigenvalue weighted by Crippen LogP contribution is -2.62. The molecule has 1 aliphatic heterocycles. The van der Waals surface area contributed by atoms with Gasteiger partial charge in [-0.2, -0.15) is 0 Å². The maximum absolute atomic E-state index is 12.6. The zero-order valence-corrected chi connectivity index (χ0v) is 16.1. The van der Waals surface area contributed by atoms with Gasteiger partial charge in [0.15, 0.2) is 0 Å². The highest BCUT2D eigenvalue weighted by Crippen LogP contribution is 2.58. The molecule has 2 amide bonds. The van der Waals surface area contributed by atoms with Crippen LogP contribution in [0.15, 0.2) is 0 Å². The Morgan fingerprint density at radius 2 is 1.81 bits per heavy atom. The lowest BCUT2D eigenvalue weighted by Gasteiger charge is -2.59. The van der Waals surface area contributed by atoms with Crippen LogP contribution in [-0.4, -0.2) is 72.6 Å². The van der Waals surface area contributed by atoms with Crippen LogP contribution in [0.1, 0.15) is 38.5 Å². The summed E-state index contributed by atoms with van der Waals surface area (Å²) in [6.45, 7) is 2.36. The van der Waals surface area contributed by atoms with E-state index in [-0.39, 0.29) is 17.7 Å². The van der Waals surface area contributed by atoms with Crippen molar-refractivity contribution >= 4 is 11.8 Å². The van der Waals surface area contributed by atoms with E-state index < -0.39 is 5.60 Å². The molecule has 0 radical (unpaired) electrons. The monoisotopic (exact) mass is 363 g/mol. The fourth-order valence-corrected chi connectivity index (χ4v) is 6.15. The van der Waals surface area contributed by atoms with Gasteiger partial charge in [0.1, 0.15) is 0 Å². The minimum atomic E-state index is -0.726. The third kappa shape index (κ3) is 3.26. The number of aliphatic hydroxyl groups is 1. The number of hydrogen-bond acceptors (Lipinski definition) is 4. The summed E-state index contributed by atoms with van der Waals surface area (Å²) in [6.07, 6.45) is 6.15. The number of nitrogens with one attached hydrogen (secondary N) is 1. The normalized spacial score (nSPS) is 41.3. The van der Waals surface area contributed by atoms with Gasteiger partial charge in [-0.15, -0.1) is 0 Å². The van der Waals surface area contributed by atoms with Crippen LogP contribution in [0.2, 0.25) is 0 Å². The van der Waals surface area contributed by atoms with E-state index in [0.29, 0.717) is 37.9 Å². The minimum Gasteiger partial charge on any atom is -0.387 e. The average molecular weight is 364 g/mol. The largest absolute Gasteiger partial charge is 0.387 e. The number of carbonyl (C=O) groups is 2. The second kappa shape index (κ2) is 6.79. The molecule has 0 unspecified atom stereocenters. The topological polar surface area (TPSA) is 72.9 Å². The molecule has 6 nitrogen and oxygen atoms in total. The van der Waals surface area contributed by atoms with Crippen molar-refractivity contribution < 1.29 is 14.7 Å². The molecule has 4 aliphatic carbocycles. The van der Waals surface area contributed by atoms with Gasteiger partial charge in [-0.3, -0.25) is 9.59 Å². The Morgan fingerprint density at radius 1 is 1.19 bits per heavy atom. The summed E-state index contributed by atoms with van der Waals surface area (Å²) >= 11 is 0. The van der Waals surface area contributed by atoms with Gasteiger partial charge in [-0.05, 0) is 69.9 Å². The zero-order chi connectivity index (χ0) is 18.5. The van der Waals surface area contributed by atoms with Crippen LogP contribution >= 0.6 is 0 Å². The van der Waals surface area contributed by atoms with Crippen molar-refractivity contribution in [3.05, 3.63) is 0 Å². The number of carbonyl (C=O) groups excluding carboxylic acids is 2. The van der Waals surface area contributed by atoms with E-state index in [4.69, 9.17) is 0 Å². The van der Waals surface area contributed by atoms with E-state index in [2.05, 4.69) is 5.32 Å². The minimum absolute atomic E-state index is 0.0621. The van der Waals surface area contributed by atoms with Gasteiger partial charge in [-0.25, -0.2) is 0 Å². The van der Waals surface area contributed by atoms with Crippen molar-refractivity contribution in [2.24, 2.45) is 29.6 Å². The van der Waals surface area contributed by atoms with Gasteiger partial charge < -0.3 is 20.2 Å². The lowest BCUT2D eigenvalue weighted by molar-refractivity contribution is -0.171. The molecule has 0 aromatic carbocycles. The van der Waals surface area contributed by atoms with Crippen molar-refractivity contribution in [1.82, 2.24) is 15.1 Å². The summed E-state index contributed by atoms with van der Waals surface area (Å²) in [5, 5.41) is 14.4. The summed E-state index contributed by atoms with van der Waals surface area (Å²) in [5.41, 5.74) is -0.726. The Hall–Kier alpha value is -1.14. The van der Waals surface area contributed by atoms with E-state index in [1.54, 1.807) is 4.90 Å². The zero-order valence-electron chi connectivity index (χ0n) is 16.1. The Balaban J connectivity index is 1.31. The molecule has 146 valence electrons. The first-order chi connectivity index (χ1) is 12.3. The van der Waals surface area contributed by atoms with Crippen molar-refractivity contribution in [1.29, 1.82) is 0 Å². The van der Waals surface area contributed by atoms with Crippen molar-refractivity contribution in [2.75, 3.05) is 40.3 Å². The number of rotatable bonds is 6. The predicted molar refractivity (Wildman–Crippen MR) is 98.2 cm³/mol. The molecule has 1 heterocycles. The van der Waals surface area contributed by atoms with Gasteiger partial charge in [0, 0.05) is 32.6 Å². The molecule has 26 heavy (non-hydrogen) atoms. The smallest absolute Gasteiger partial charge is 0.225 e. The molecular weight excluding hydrogens is 330 g/mol. The molecule has 2 N–H and O–H groups in total. The second-order valence-corrected chi connectivity index (χ2v) is 9.56. The number of amides is 2. The van der Waals surface area contributed by atoms with Crippen LogP contribution in [-0.2, 0) is 9.59 Å². The summed E-state index contributed by atoms with van der Waals surface area (Å²) in [4.78, 5) is 28.6. The van der Waals surface area contributed by atoms with E-state index in [1.165, 1.54) is 6.42 Å². The first kappa shape index (κ1) is 18.2. The maximum Gasteiger partial charge on any atom is 0.225 e. The Bertz CT molecular complexity index is 549. The van der Waals surface area contributed by atoms with Crippen LogP contribution in [0.4, 0.5) is 0 Å². The van der Waals surface area contributed by atoms with Gasteiger partial charge in [-0.1, -0.05) is 0 Å². The summed E-state index contributed by atoms with van der Waals surface area (Å²) in [6, 6.07) is 0. The number of hydrogen-bond donors (Lipinski definition) is 2. The van der Waals surface area contributed by atoms with Gasteiger partial charge >= 0.3 is 0 Å². The third-order valence-electron chi connectivity index (χ3n) is 7.50. The van der Waals surface area contributed by atoms with Crippen molar-refractivity contribution in [2.45, 2.75) is 44.1 Å². The fraction of sp³-hybridized carbons (Fsp3) is 0.900. The lowest BCUT2D eigenvalue weighted by atomic mass is 9.50. The van der Waals surface area contributed by atoms with Crippen molar-refractivity contribution in [3.63, 3.8) is 0 Å². The summed E-state index contributed by atoms with van der Waals surface area (Å²) in [7, 11) is 3.97. The van der Waals surface area contributed by atoms with E-state index >= 15 is 0 Å². The van der Waals surface area contributed by atoms with Crippen LogP contribution in [0.5, 0.6) is 0 Å². The molecule has 4 saturated carbocycles. The van der Waals surface area contributed by atoms with Crippen LogP contribution < -0.4 is 5.32 Å². The number of likely N-dealkylation sites (N-methyl/N-ethyl adjacent to an activating group) is 1. The Labute approximate surface area is 156 Å². The Kier molecular flexibility index (Phi) is 4.76. The number of likely N-dealkylation sites (tertiary alicyclic amines) is 1. The Morgan fingerprint density at radius 3 is 2.38 bits per heavy atom. The molecule has 4 bridgehead atoms. The van der Waals surface area contributed by atoms with Gasteiger partial charge in [0.05, 0.1) is 11.5 Å². The highest BCUT2D eigenvalue weighted by molar-refractivity contribution is 5.89. The molecule has 5 rings (SSSR count).